The van der Waals surface area contributed by atoms with Crippen molar-refractivity contribution >= 4 is 22.3 Å². The molecule has 13 heteroatoms. The van der Waals surface area contributed by atoms with Crippen LogP contribution in [0.1, 0.15) is 34.3 Å². The Morgan fingerprint density at radius 2 is 1.00 bits per heavy atom. The van der Waals surface area contributed by atoms with Crippen LogP contribution in [0.3, 0.4) is 0 Å². The van der Waals surface area contributed by atoms with Crippen LogP contribution in [0.25, 0.3) is 0 Å². The number of benzene rings is 2. The minimum Gasteiger partial charge on any atom is -0.370 e. The predicted molar refractivity (Wildman–Crippen MR) is 141 cm³/mol. The Kier molecular flexibility index (Phi) is 14.9. The van der Waals surface area contributed by atoms with E-state index < -0.39 is 10.4 Å². The molecule has 2 unspecified atom stereocenters. The van der Waals surface area contributed by atoms with Crippen LogP contribution in [0.2, 0.25) is 0 Å². The Balaban J connectivity index is 0.000000555. The van der Waals surface area contributed by atoms with Crippen molar-refractivity contribution in [2.45, 2.75) is 25.9 Å². The van der Waals surface area contributed by atoms with Gasteiger partial charge >= 0.3 is 10.4 Å². The average molecular weight is 511 g/mol. The fourth-order valence-corrected chi connectivity index (χ4v) is 2.72. The van der Waals surface area contributed by atoms with Gasteiger partial charge in [0.2, 0.25) is 0 Å². The zero-order chi connectivity index (χ0) is 27.0. The Bertz CT molecular complexity index is 941. The molecule has 0 fully saturated rings. The highest BCUT2D eigenvalue weighted by Gasteiger charge is 2.08. The number of hydrogen-bond acceptors (Lipinski definition) is 6. The van der Waals surface area contributed by atoms with Crippen molar-refractivity contribution in [2.24, 2.45) is 32.9 Å². The van der Waals surface area contributed by atoms with Crippen LogP contribution in [0.4, 0.5) is 0 Å². The highest BCUT2D eigenvalue weighted by molar-refractivity contribution is 7.79. The van der Waals surface area contributed by atoms with E-state index >= 15 is 0 Å². The first-order valence-corrected chi connectivity index (χ1v) is 11.9. The van der Waals surface area contributed by atoms with Crippen LogP contribution in [-0.4, -0.2) is 56.6 Å². The number of guanidine groups is 2. The quantitative estimate of drug-likeness (QED) is 0.138. The zero-order valence-electron chi connectivity index (χ0n) is 20.5. The van der Waals surface area contributed by atoms with Gasteiger partial charge in [-0.3, -0.25) is 19.1 Å². The number of aliphatic imine (C=N–C) groups is 2. The molecule has 0 saturated carbocycles. The van der Waals surface area contributed by atoms with Crippen LogP contribution in [0.15, 0.2) is 58.5 Å². The van der Waals surface area contributed by atoms with Crippen LogP contribution in [0, 0.1) is 13.8 Å². The highest BCUT2D eigenvalue weighted by Crippen LogP contribution is 2.14. The number of rotatable bonds is 8. The summed E-state index contributed by atoms with van der Waals surface area (Å²) in [4.78, 5) is 8.01. The molecule has 0 aromatic heterocycles. The van der Waals surface area contributed by atoms with Gasteiger partial charge in [0.1, 0.15) is 0 Å². The SMILES string of the molecule is CNC(CN=C(N)N)c1ccc(C)cc1.CNC(CN=C(N)N)c1ccc(C)cc1.O=S(=O)(O)O. The highest BCUT2D eigenvalue weighted by atomic mass is 32.3. The first kappa shape index (κ1) is 31.8. The minimum atomic E-state index is -4.67. The first-order chi connectivity index (χ1) is 16.3. The van der Waals surface area contributed by atoms with Gasteiger partial charge in [-0.1, -0.05) is 59.7 Å². The molecule has 0 heterocycles. The third-order valence-corrected chi connectivity index (χ3v) is 4.57. The Morgan fingerprint density at radius 3 is 1.20 bits per heavy atom. The maximum atomic E-state index is 8.74. The van der Waals surface area contributed by atoms with Crippen molar-refractivity contribution in [1.29, 1.82) is 0 Å². The van der Waals surface area contributed by atoms with E-state index in [1.165, 1.54) is 22.3 Å². The van der Waals surface area contributed by atoms with Crippen LogP contribution in [-0.2, 0) is 10.4 Å². The van der Waals surface area contributed by atoms with Crippen molar-refractivity contribution < 1.29 is 17.5 Å². The van der Waals surface area contributed by atoms with E-state index in [-0.39, 0.29) is 24.0 Å². The summed E-state index contributed by atoms with van der Waals surface area (Å²) in [5, 5.41) is 6.35. The smallest absolute Gasteiger partial charge is 0.370 e. The summed E-state index contributed by atoms with van der Waals surface area (Å²) in [6.45, 7) is 5.24. The summed E-state index contributed by atoms with van der Waals surface area (Å²) in [6.07, 6.45) is 0. The van der Waals surface area contributed by atoms with Gasteiger partial charge in [-0.25, -0.2) is 0 Å². The van der Waals surface area contributed by atoms with E-state index in [9.17, 15) is 0 Å². The molecule has 35 heavy (non-hydrogen) atoms. The van der Waals surface area contributed by atoms with Crippen LogP contribution < -0.4 is 33.6 Å². The lowest BCUT2D eigenvalue weighted by atomic mass is 10.1. The number of aryl methyl sites for hydroxylation is 2. The van der Waals surface area contributed by atoms with Gasteiger partial charge in [0.05, 0.1) is 25.2 Å². The van der Waals surface area contributed by atoms with Crippen molar-refractivity contribution in [2.75, 3.05) is 27.2 Å². The first-order valence-electron chi connectivity index (χ1n) is 10.5. The lowest BCUT2D eigenvalue weighted by molar-refractivity contribution is 0.381. The molecule has 0 radical (unpaired) electrons. The Morgan fingerprint density at radius 1 is 0.743 bits per heavy atom. The summed E-state index contributed by atoms with van der Waals surface area (Å²) in [5.41, 5.74) is 26.1. The van der Waals surface area contributed by atoms with Crippen molar-refractivity contribution in [3.05, 3.63) is 70.8 Å². The second kappa shape index (κ2) is 16.4. The maximum Gasteiger partial charge on any atom is 0.394 e. The summed E-state index contributed by atoms with van der Waals surface area (Å²) in [7, 11) is -0.875. The molecule has 0 aliphatic heterocycles. The summed E-state index contributed by atoms with van der Waals surface area (Å²) < 4.78 is 31.6. The average Bonchev–Trinajstić information content (AvgIpc) is 2.76. The van der Waals surface area contributed by atoms with E-state index in [0.29, 0.717) is 13.1 Å². The van der Waals surface area contributed by atoms with E-state index in [2.05, 4.69) is 83.0 Å². The molecule has 2 atom stereocenters. The molecule has 0 bridgehead atoms. The molecular weight excluding hydrogens is 472 g/mol. The molecule has 0 amide bonds. The summed E-state index contributed by atoms with van der Waals surface area (Å²) >= 11 is 0. The fraction of sp³-hybridized carbons (Fsp3) is 0.364. The number of nitrogens with zero attached hydrogens (tertiary/aromatic N) is 2. The minimum absolute atomic E-state index is 0.127. The van der Waals surface area contributed by atoms with Crippen molar-refractivity contribution in [3.8, 4) is 0 Å². The standard InChI is InChI=1S/2C11H18N4.H2O4S/c2*1-8-3-5-9(6-4-8)10(14-2)7-15-11(12)13;1-5(2,3)4/h2*3-6,10,14H,7H2,1-2H3,(H4,12,13,15);(H2,1,2,3,4). The van der Waals surface area contributed by atoms with Gasteiger partial charge in [-0.05, 0) is 39.1 Å². The predicted octanol–water partition coefficient (Wildman–Crippen LogP) is 0.405. The number of likely N-dealkylation sites (N-methyl/N-ethyl adjacent to an activating group) is 2. The van der Waals surface area contributed by atoms with Gasteiger partial charge < -0.3 is 33.6 Å². The fourth-order valence-electron chi connectivity index (χ4n) is 2.72. The topological polar surface area (TPSA) is 227 Å². The lowest BCUT2D eigenvalue weighted by Gasteiger charge is -2.14. The van der Waals surface area contributed by atoms with E-state index in [4.69, 9.17) is 40.5 Å². The van der Waals surface area contributed by atoms with Gasteiger partial charge in [-0.2, -0.15) is 8.42 Å². The Labute approximate surface area is 207 Å². The molecule has 2 aromatic rings. The summed E-state index contributed by atoms with van der Waals surface area (Å²) in [6, 6.07) is 17.0. The molecule has 0 spiro atoms. The summed E-state index contributed by atoms with van der Waals surface area (Å²) in [5.74, 6) is 0.254. The van der Waals surface area contributed by atoms with E-state index in [1.807, 2.05) is 14.1 Å². The van der Waals surface area contributed by atoms with Crippen LogP contribution >= 0.6 is 0 Å². The van der Waals surface area contributed by atoms with Gasteiger partial charge in [0.15, 0.2) is 11.9 Å². The largest absolute Gasteiger partial charge is 0.394 e. The Hall–Kier alpha value is -3.23. The van der Waals surface area contributed by atoms with Crippen molar-refractivity contribution in [1.82, 2.24) is 10.6 Å². The normalized spacial score (nSPS) is 12.1. The number of nitrogens with one attached hydrogen (secondary N) is 2. The second-order valence-corrected chi connectivity index (χ2v) is 8.38. The molecule has 12 nitrogen and oxygen atoms in total. The lowest BCUT2D eigenvalue weighted by Crippen LogP contribution is -2.26. The van der Waals surface area contributed by atoms with Crippen LogP contribution in [0.5, 0.6) is 0 Å². The molecule has 2 aromatic carbocycles. The molecule has 2 rings (SSSR count). The molecule has 0 aliphatic rings. The monoisotopic (exact) mass is 510 g/mol. The molecular formula is C22H38N8O4S. The molecule has 0 aliphatic carbocycles. The zero-order valence-corrected chi connectivity index (χ0v) is 21.3. The molecule has 12 N–H and O–H groups in total. The van der Waals surface area contributed by atoms with Gasteiger partial charge in [0.25, 0.3) is 0 Å². The third-order valence-electron chi connectivity index (χ3n) is 4.57. The van der Waals surface area contributed by atoms with Gasteiger partial charge in [0, 0.05) is 0 Å². The third kappa shape index (κ3) is 16.9. The van der Waals surface area contributed by atoms with Gasteiger partial charge in [-0.15, -0.1) is 0 Å². The van der Waals surface area contributed by atoms with E-state index in [1.54, 1.807) is 0 Å². The maximum absolute atomic E-state index is 8.74. The second-order valence-electron chi connectivity index (χ2n) is 7.48. The number of hydrogen-bond donors (Lipinski definition) is 8. The van der Waals surface area contributed by atoms with Crippen molar-refractivity contribution in [3.63, 3.8) is 0 Å². The number of nitrogens with two attached hydrogens (primary N) is 4. The van der Waals surface area contributed by atoms with E-state index in [0.717, 1.165) is 0 Å². The molecule has 196 valence electrons. The molecule has 0 saturated heterocycles.